The third-order valence-corrected chi connectivity index (χ3v) is 6.00. The van der Waals surface area contributed by atoms with E-state index in [-0.39, 0.29) is 23.2 Å². The first kappa shape index (κ1) is 15.1. The Morgan fingerprint density at radius 1 is 1.32 bits per heavy atom. The van der Waals surface area contributed by atoms with Gasteiger partial charge in [-0.05, 0) is 30.7 Å². The van der Waals surface area contributed by atoms with Gasteiger partial charge in [-0.1, -0.05) is 0 Å². The highest BCUT2D eigenvalue weighted by molar-refractivity contribution is 7.91. The average Bonchev–Trinajstić information content (AvgIpc) is 3.06. The van der Waals surface area contributed by atoms with E-state index in [9.17, 15) is 17.6 Å². The number of nitrogens with zero attached hydrogens (tertiary/aromatic N) is 1. The topological polar surface area (TPSA) is 76.1 Å². The molecule has 116 valence electrons. The Morgan fingerprint density at radius 3 is 2.68 bits per heavy atom. The predicted molar refractivity (Wildman–Crippen MR) is 82.9 cm³/mol. The Morgan fingerprint density at radius 2 is 2.05 bits per heavy atom. The number of sulfone groups is 1. The van der Waals surface area contributed by atoms with E-state index < -0.39 is 15.8 Å². The van der Waals surface area contributed by atoms with Gasteiger partial charge in [0.25, 0.3) is 0 Å². The van der Waals surface area contributed by atoms with Crippen LogP contribution in [0, 0.1) is 11.7 Å². The smallest absolute Gasteiger partial charge is 0.230 e. The first-order chi connectivity index (χ1) is 10.4. The molecule has 1 aromatic heterocycles. The molecule has 22 heavy (non-hydrogen) atoms. The number of carbonyl (C=O) groups excluding carboxylic acids is 1. The van der Waals surface area contributed by atoms with Crippen LogP contribution in [0.4, 0.5) is 9.52 Å². The summed E-state index contributed by atoms with van der Waals surface area (Å²) < 4.78 is 35.7. The minimum atomic E-state index is -3.09. The third kappa shape index (κ3) is 3.33. The van der Waals surface area contributed by atoms with E-state index in [1.54, 1.807) is 17.5 Å². The molecule has 1 fully saturated rings. The zero-order valence-corrected chi connectivity index (χ0v) is 13.1. The maximum Gasteiger partial charge on any atom is 0.230 e. The van der Waals surface area contributed by atoms with Crippen LogP contribution in [0.5, 0.6) is 0 Å². The van der Waals surface area contributed by atoms with Crippen molar-refractivity contribution in [3.63, 3.8) is 0 Å². The van der Waals surface area contributed by atoms with Crippen molar-refractivity contribution < 1.29 is 17.6 Å². The van der Waals surface area contributed by atoms with Crippen molar-refractivity contribution in [1.82, 2.24) is 4.98 Å². The standard InChI is InChI=1S/C14H13FN2O3S2/c15-11-3-1-9(2-4-11)12-7-21-14(16-12)17-13(18)10-5-6-22(19,20)8-10/h1-4,7,10H,5-6,8H2,(H,16,17,18). The maximum atomic E-state index is 12.9. The molecule has 1 amide bonds. The summed E-state index contributed by atoms with van der Waals surface area (Å²) >= 11 is 1.25. The van der Waals surface area contributed by atoms with Crippen molar-refractivity contribution in [2.45, 2.75) is 6.42 Å². The van der Waals surface area contributed by atoms with E-state index in [0.717, 1.165) is 5.56 Å². The van der Waals surface area contributed by atoms with Crippen molar-refractivity contribution >= 4 is 32.2 Å². The van der Waals surface area contributed by atoms with Crippen molar-refractivity contribution in [3.05, 3.63) is 35.5 Å². The predicted octanol–water partition coefficient (Wildman–Crippen LogP) is 2.32. The van der Waals surface area contributed by atoms with Crippen LogP contribution >= 0.6 is 11.3 Å². The molecule has 1 aromatic carbocycles. The quantitative estimate of drug-likeness (QED) is 0.930. The van der Waals surface area contributed by atoms with Crippen LogP contribution in [0.25, 0.3) is 11.3 Å². The summed E-state index contributed by atoms with van der Waals surface area (Å²) in [7, 11) is -3.09. The second-order valence-corrected chi connectivity index (χ2v) is 8.22. The molecule has 1 unspecified atom stereocenters. The SMILES string of the molecule is O=C(Nc1nc(-c2ccc(F)cc2)cs1)C1CCS(=O)(=O)C1. The molecule has 5 nitrogen and oxygen atoms in total. The number of anilines is 1. The number of nitrogens with one attached hydrogen (secondary N) is 1. The second kappa shape index (κ2) is 5.77. The molecule has 0 spiro atoms. The highest BCUT2D eigenvalue weighted by atomic mass is 32.2. The molecule has 0 bridgehead atoms. The number of aromatic nitrogens is 1. The molecule has 1 N–H and O–H groups in total. The van der Waals surface area contributed by atoms with Gasteiger partial charge >= 0.3 is 0 Å². The van der Waals surface area contributed by atoms with Gasteiger partial charge in [-0.2, -0.15) is 0 Å². The lowest BCUT2D eigenvalue weighted by Crippen LogP contribution is -2.23. The number of hydrogen-bond acceptors (Lipinski definition) is 5. The van der Waals surface area contributed by atoms with Crippen LogP contribution in [0.15, 0.2) is 29.6 Å². The molecular weight excluding hydrogens is 327 g/mol. The van der Waals surface area contributed by atoms with Gasteiger partial charge in [-0.3, -0.25) is 4.79 Å². The summed E-state index contributed by atoms with van der Waals surface area (Å²) in [6, 6.07) is 5.91. The van der Waals surface area contributed by atoms with Gasteiger partial charge in [-0.15, -0.1) is 11.3 Å². The van der Waals surface area contributed by atoms with E-state index >= 15 is 0 Å². The fourth-order valence-electron chi connectivity index (χ4n) is 2.29. The van der Waals surface area contributed by atoms with Gasteiger partial charge in [0.15, 0.2) is 15.0 Å². The summed E-state index contributed by atoms with van der Waals surface area (Å²) in [4.78, 5) is 16.3. The van der Waals surface area contributed by atoms with Crippen LogP contribution in [0.1, 0.15) is 6.42 Å². The third-order valence-electron chi connectivity index (χ3n) is 3.48. The molecule has 2 heterocycles. The Labute approximate surface area is 131 Å². The van der Waals surface area contributed by atoms with Crippen LogP contribution in [0.3, 0.4) is 0 Å². The molecule has 0 saturated carbocycles. The van der Waals surface area contributed by atoms with Gasteiger partial charge in [0.2, 0.25) is 5.91 Å². The van der Waals surface area contributed by atoms with Crippen molar-refractivity contribution in [3.8, 4) is 11.3 Å². The van der Waals surface area contributed by atoms with E-state index in [4.69, 9.17) is 0 Å². The van der Waals surface area contributed by atoms with Crippen LogP contribution < -0.4 is 5.32 Å². The van der Waals surface area contributed by atoms with Crippen molar-refractivity contribution in [1.29, 1.82) is 0 Å². The van der Waals surface area contributed by atoms with Gasteiger partial charge in [0.1, 0.15) is 5.82 Å². The number of thiazole rings is 1. The molecule has 8 heteroatoms. The first-order valence-corrected chi connectivity index (χ1v) is 9.36. The minimum absolute atomic E-state index is 0.0593. The lowest BCUT2D eigenvalue weighted by molar-refractivity contribution is -0.119. The Bertz CT molecular complexity index is 800. The normalized spacial score (nSPS) is 20.0. The van der Waals surface area contributed by atoms with Gasteiger partial charge < -0.3 is 5.32 Å². The molecule has 1 aliphatic heterocycles. The minimum Gasteiger partial charge on any atom is -0.302 e. The van der Waals surface area contributed by atoms with Crippen molar-refractivity contribution in [2.24, 2.45) is 5.92 Å². The number of hydrogen-bond donors (Lipinski definition) is 1. The number of rotatable bonds is 3. The monoisotopic (exact) mass is 340 g/mol. The fraction of sp³-hybridized carbons (Fsp3) is 0.286. The number of amides is 1. The Hall–Kier alpha value is -1.80. The molecule has 0 radical (unpaired) electrons. The molecule has 2 aromatic rings. The largest absolute Gasteiger partial charge is 0.302 e. The maximum absolute atomic E-state index is 12.9. The first-order valence-electron chi connectivity index (χ1n) is 6.66. The van der Waals surface area contributed by atoms with Crippen LogP contribution in [-0.2, 0) is 14.6 Å². The highest BCUT2D eigenvalue weighted by Gasteiger charge is 2.33. The lowest BCUT2D eigenvalue weighted by atomic mass is 10.1. The summed E-state index contributed by atoms with van der Waals surface area (Å²) in [5, 5.41) is 4.82. The summed E-state index contributed by atoms with van der Waals surface area (Å²) in [6.07, 6.45) is 0.352. The Balaban J connectivity index is 1.69. The summed E-state index contributed by atoms with van der Waals surface area (Å²) in [5.74, 6) is -1.20. The second-order valence-electron chi connectivity index (χ2n) is 5.13. The lowest BCUT2D eigenvalue weighted by Gasteiger charge is -2.06. The molecule has 1 aliphatic rings. The van der Waals surface area contributed by atoms with Crippen molar-refractivity contribution in [2.75, 3.05) is 16.8 Å². The summed E-state index contributed by atoms with van der Waals surface area (Å²) in [6.45, 7) is 0. The molecule has 3 rings (SSSR count). The zero-order chi connectivity index (χ0) is 15.7. The van der Waals surface area contributed by atoms with E-state index in [0.29, 0.717) is 17.2 Å². The van der Waals surface area contributed by atoms with Crippen LogP contribution in [-0.4, -0.2) is 30.8 Å². The number of benzene rings is 1. The Kier molecular flexibility index (Phi) is 3.96. The van der Waals surface area contributed by atoms with E-state index in [2.05, 4.69) is 10.3 Å². The zero-order valence-electron chi connectivity index (χ0n) is 11.5. The van der Waals surface area contributed by atoms with E-state index in [1.165, 1.54) is 23.5 Å². The van der Waals surface area contributed by atoms with Gasteiger partial charge in [0, 0.05) is 10.9 Å². The van der Waals surface area contributed by atoms with Crippen LogP contribution in [0.2, 0.25) is 0 Å². The molecule has 1 atom stereocenters. The van der Waals surface area contributed by atoms with Gasteiger partial charge in [-0.25, -0.2) is 17.8 Å². The average molecular weight is 340 g/mol. The number of carbonyl (C=O) groups is 1. The number of halogens is 1. The molecule has 0 aliphatic carbocycles. The molecule has 1 saturated heterocycles. The van der Waals surface area contributed by atoms with E-state index in [1.807, 2.05) is 0 Å². The highest BCUT2D eigenvalue weighted by Crippen LogP contribution is 2.26. The fourth-order valence-corrected chi connectivity index (χ4v) is 4.76. The summed E-state index contributed by atoms with van der Waals surface area (Å²) in [5.41, 5.74) is 1.39. The van der Waals surface area contributed by atoms with Gasteiger partial charge in [0.05, 0.1) is 23.1 Å². The molecular formula is C14H13FN2O3S2.